The van der Waals surface area contributed by atoms with Crippen LogP contribution in [0.2, 0.25) is 0 Å². The highest BCUT2D eigenvalue weighted by Crippen LogP contribution is 2.25. The first-order chi connectivity index (χ1) is 10.1. The van der Waals surface area contributed by atoms with Gasteiger partial charge in [-0.3, -0.25) is 0 Å². The minimum atomic E-state index is -2.86. The number of hydrogen-bond donors (Lipinski definition) is 1. The first-order valence-electron chi connectivity index (χ1n) is 6.42. The van der Waals surface area contributed by atoms with Gasteiger partial charge in [0.25, 0.3) is 0 Å². The molecule has 0 aromatic heterocycles. The number of thioether (sulfide) groups is 1. The summed E-state index contributed by atoms with van der Waals surface area (Å²) in [4.78, 5) is 6.29. The summed E-state index contributed by atoms with van der Waals surface area (Å²) in [5.41, 5.74) is 6.52. The Bertz CT molecular complexity index is 510. The van der Waals surface area contributed by atoms with Gasteiger partial charge in [-0.1, -0.05) is 15.9 Å². The number of halogens is 3. The molecule has 2 rings (SSSR count). The number of nitrogens with zero attached hydrogens (tertiary/aromatic N) is 2. The predicted octanol–water partition coefficient (Wildman–Crippen LogP) is 2.91. The van der Waals surface area contributed by atoms with E-state index in [2.05, 4.69) is 25.7 Å². The molecular formula is C13H16BrF2N3OS. The van der Waals surface area contributed by atoms with Gasteiger partial charge in [0.05, 0.1) is 6.54 Å². The van der Waals surface area contributed by atoms with Gasteiger partial charge in [0.1, 0.15) is 5.75 Å². The second-order valence-corrected chi connectivity index (χ2v) is 6.54. The summed E-state index contributed by atoms with van der Waals surface area (Å²) in [6.07, 6.45) is 0. The zero-order valence-electron chi connectivity index (χ0n) is 11.3. The van der Waals surface area contributed by atoms with Crippen LogP contribution in [0, 0.1) is 0 Å². The Morgan fingerprint density at radius 2 is 2.14 bits per heavy atom. The van der Waals surface area contributed by atoms with Crippen molar-refractivity contribution in [3.63, 3.8) is 0 Å². The lowest BCUT2D eigenvalue weighted by molar-refractivity contribution is -0.0504. The molecule has 8 heteroatoms. The number of ether oxygens (including phenoxy) is 1. The second-order valence-electron chi connectivity index (χ2n) is 4.40. The summed E-state index contributed by atoms with van der Waals surface area (Å²) in [5, 5.41) is 0. The molecule has 116 valence electrons. The molecule has 2 N–H and O–H groups in total. The van der Waals surface area contributed by atoms with E-state index in [9.17, 15) is 8.78 Å². The standard InChI is InChI=1S/C13H16BrF2N3OS/c14-10-1-2-11(20-12(15)16)9(7-10)8-18-13(17)19-3-5-21-6-4-19/h1-2,7,12H,3-6,8H2,(H2,17,18). The van der Waals surface area contributed by atoms with E-state index < -0.39 is 6.61 Å². The SMILES string of the molecule is NC(=NCc1cc(Br)ccc1OC(F)F)N1CCSCC1. The smallest absolute Gasteiger partial charge is 0.387 e. The fourth-order valence-corrected chi connectivity index (χ4v) is 3.25. The third-order valence-electron chi connectivity index (χ3n) is 2.99. The monoisotopic (exact) mass is 379 g/mol. The van der Waals surface area contributed by atoms with Gasteiger partial charge in [0.2, 0.25) is 0 Å². The molecule has 0 atom stereocenters. The molecule has 1 aromatic carbocycles. The maximum atomic E-state index is 12.4. The summed E-state index contributed by atoms with van der Waals surface area (Å²) in [6, 6.07) is 4.85. The summed E-state index contributed by atoms with van der Waals surface area (Å²) in [7, 11) is 0. The van der Waals surface area contributed by atoms with Crippen molar-refractivity contribution in [1.29, 1.82) is 0 Å². The van der Waals surface area contributed by atoms with E-state index in [1.807, 2.05) is 16.7 Å². The number of alkyl halides is 2. The average Bonchev–Trinajstić information content (AvgIpc) is 2.47. The lowest BCUT2D eigenvalue weighted by Crippen LogP contribution is -2.42. The fraction of sp³-hybridized carbons (Fsp3) is 0.462. The van der Waals surface area contributed by atoms with Gasteiger partial charge in [0, 0.05) is 34.6 Å². The quantitative estimate of drug-likeness (QED) is 0.645. The Kier molecular flexibility index (Phi) is 6.10. The molecule has 0 amide bonds. The maximum Gasteiger partial charge on any atom is 0.387 e. The summed E-state index contributed by atoms with van der Waals surface area (Å²) >= 11 is 5.19. The normalized spacial score (nSPS) is 16.4. The zero-order chi connectivity index (χ0) is 15.2. The number of rotatable bonds is 4. The topological polar surface area (TPSA) is 50.9 Å². The second kappa shape index (κ2) is 7.84. The molecule has 21 heavy (non-hydrogen) atoms. The van der Waals surface area contributed by atoms with Crippen molar-refractivity contribution in [3.05, 3.63) is 28.2 Å². The molecular weight excluding hydrogens is 364 g/mol. The summed E-state index contributed by atoms with van der Waals surface area (Å²) in [5.74, 6) is 2.61. The molecule has 1 aliphatic heterocycles. The fourth-order valence-electron chi connectivity index (χ4n) is 1.94. The van der Waals surface area contributed by atoms with E-state index in [1.54, 1.807) is 12.1 Å². The third kappa shape index (κ3) is 5.03. The van der Waals surface area contributed by atoms with Crippen LogP contribution >= 0.6 is 27.7 Å². The number of aliphatic imine (C=N–C) groups is 1. The molecule has 1 saturated heterocycles. The highest BCUT2D eigenvalue weighted by atomic mass is 79.9. The van der Waals surface area contributed by atoms with Gasteiger partial charge in [-0.25, -0.2) is 4.99 Å². The molecule has 0 radical (unpaired) electrons. The van der Waals surface area contributed by atoms with E-state index in [4.69, 9.17) is 5.73 Å². The van der Waals surface area contributed by atoms with Gasteiger partial charge in [-0.05, 0) is 18.2 Å². The number of benzene rings is 1. The van der Waals surface area contributed by atoms with E-state index in [0.717, 1.165) is 29.1 Å². The van der Waals surface area contributed by atoms with Crippen LogP contribution < -0.4 is 10.5 Å². The number of guanidine groups is 1. The highest BCUT2D eigenvalue weighted by Gasteiger charge is 2.13. The Morgan fingerprint density at radius 3 is 2.81 bits per heavy atom. The van der Waals surface area contributed by atoms with Crippen molar-refractivity contribution in [2.24, 2.45) is 10.7 Å². The molecule has 0 unspecified atom stereocenters. The predicted molar refractivity (Wildman–Crippen MR) is 85.0 cm³/mol. The Morgan fingerprint density at radius 1 is 1.43 bits per heavy atom. The van der Waals surface area contributed by atoms with Crippen LogP contribution in [0.4, 0.5) is 8.78 Å². The maximum absolute atomic E-state index is 12.4. The molecule has 1 fully saturated rings. The van der Waals surface area contributed by atoms with Gasteiger partial charge in [0.15, 0.2) is 5.96 Å². The van der Waals surface area contributed by atoms with E-state index >= 15 is 0 Å². The molecule has 1 aliphatic rings. The summed E-state index contributed by atoms with van der Waals surface area (Å²) < 4.78 is 30.0. The molecule has 0 spiro atoms. The van der Waals surface area contributed by atoms with Crippen LogP contribution in [0.5, 0.6) is 5.75 Å². The minimum Gasteiger partial charge on any atom is -0.434 e. The Hall–Kier alpha value is -1.02. The van der Waals surface area contributed by atoms with Crippen molar-refractivity contribution in [3.8, 4) is 5.75 Å². The zero-order valence-corrected chi connectivity index (χ0v) is 13.7. The average molecular weight is 380 g/mol. The van der Waals surface area contributed by atoms with Crippen LogP contribution in [-0.2, 0) is 6.54 Å². The lowest BCUT2D eigenvalue weighted by atomic mass is 10.2. The van der Waals surface area contributed by atoms with Gasteiger partial charge >= 0.3 is 6.61 Å². The first-order valence-corrected chi connectivity index (χ1v) is 8.37. The molecule has 0 aliphatic carbocycles. The van der Waals surface area contributed by atoms with Crippen molar-refractivity contribution < 1.29 is 13.5 Å². The van der Waals surface area contributed by atoms with E-state index in [-0.39, 0.29) is 12.3 Å². The van der Waals surface area contributed by atoms with Crippen LogP contribution in [0.1, 0.15) is 5.56 Å². The third-order valence-corrected chi connectivity index (χ3v) is 4.42. The van der Waals surface area contributed by atoms with Crippen LogP contribution in [0.25, 0.3) is 0 Å². The van der Waals surface area contributed by atoms with E-state index in [1.165, 1.54) is 6.07 Å². The van der Waals surface area contributed by atoms with Crippen molar-refractivity contribution >= 4 is 33.7 Å². The van der Waals surface area contributed by atoms with Crippen LogP contribution in [0.15, 0.2) is 27.7 Å². The molecule has 1 aromatic rings. The number of hydrogen-bond acceptors (Lipinski definition) is 3. The van der Waals surface area contributed by atoms with Gasteiger partial charge in [-0.2, -0.15) is 20.5 Å². The Balaban J connectivity index is 2.08. The Labute approximate surface area is 134 Å². The molecule has 0 saturated carbocycles. The van der Waals surface area contributed by atoms with E-state index in [0.29, 0.717) is 11.5 Å². The van der Waals surface area contributed by atoms with Crippen molar-refractivity contribution in [1.82, 2.24) is 4.90 Å². The minimum absolute atomic E-state index is 0.124. The van der Waals surface area contributed by atoms with Gasteiger partial charge < -0.3 is 15.4 Å². The first kappa shape index (κ1) is 16.4. The highest BCUT2D eigenvalue weighted by molar-refractivity contribution is 9.10. The summed E-state index contributed by atoms with van der Waals surface area (Å²) in [6.45, 7) is -0.931. The van der Waals surface area contributed by atoms with Crippen molar-refractivity contribution in [2.75, 3.05) is 24.6 Å². The molecule has 0 bridgehead atoms. The van der Waals surface area contributed by atoms with Crippen molar-refractivity contribution in [2.45, 2.75) is 13.2 Å². The molecule has 4 nitrogen and oxygen atoms in total. The van der Waals surface area contributed by atoms with Crippen LogP contribution in [-0.4, -0.2) is 42.1 Å². The van der Waals surface area contributed by atoms with Gasteiger partial charge in [-0.15, -0.1) is 0 Å². The van der Waals surface area contributed by atoms with Crippen LogP contribution in [0.3, 0.4) is 0 Å². The number of nitrogens with two attached hydrogens (primary N) is 1. The largest absolute Gasteiger partial charge is 0.434 e. The lowest BCUT2D eigenvalue weighted by Gasteiger charge is -2.27. The molecule has 1 heterocycles.